The van der Waals surface area contributed by atoms with Crippen LogP contribution < -0.4 is 0 Å². The zero-order chi connectivity index (χ0) is 15.8. The standard InChI is InChI=1S/C18H13FN4/c1-11-16-17(13-2-4-14(19)5-3-13)15(10-21-18(16)23-22-11)12-6-8-20-9-7-12/h2-10H,1H3,(H,21,22,23). The van der Waals surface area contributed by atoms with Crippen molar-refractivity contribution in [3.05, 3.63) is 66.5 Å². The van der Waals surface area contributed by atoms with Gasteiger partial charge in [0, 0.05) is 35.4 Å². The SMILES string of the molecule is Cc1[nH]nc2ncc(-c3ccncc3)c(-c3ccc(F)cc3)c12. The molecule has 112 valence electrons. The summed E-state index contributed by atoms with van der Waals surface area (Å²) in [6.45, 7) is 1.96. The molecule has 1 N–H and O–H groups in total. The number of nitrogens with zero attached hydrogens (tertiary/aromatic N) is 3. The monoisotopic (exact) mass is 304 g/mol. The Morgan fingerprint density at radius 2 is 1.70 bits per heavy atom. The number of aromatic amines is 1. The van der Waals surface area contributed by atoms with Gasteiger partial charge in [0.1, 0.15) is 5.82 Å². The average molecular weight is 304 g/mol. The summed E-state index contributed by atoms with van der Waals surface area (Å²) in [5.41, 5.74) is 5.48. The minimum absolute atomic E-state index is 0.256. The summed E-state index contributed by atoms with van der Waals surface area (Å²) in [6.07, 6.45) is 5.29. The van der Waals surface area contributed by atoms with Crippen molar-refractivity contribution in [3.63, 3.8) is 0 Å². The summed E-state index contributed by atoms with van der Waals surface area (Å²) in [7, 11) is 0. The number of nitrogens with one attached hydrogen (secondary N) is 1. The number of aromatic nitrogens is 4. The highest BCUT2D eigenvalue weighted by atomic mass is 19.1. The molecule has 0 unspecified atom stereocenters. The van der Waals surface area contributed by atoms with Crippen LogP contribution in [-0.2, 0) is 0 Å². The minimum Gasteiger partial charge on any atom is -0.280 e. The molecule has 0 aliphatic heterocycles. The first-order valence-electron chi connectivity index (χ1n) is 7.24. The van der Waals surface area contributed by atoms with E-state index in [0.717, 1.165) is 33.3 Å². The van der Waals surface area contributed by atoms with Gasteiger partial charge in [0.25, 0.3) is 0 Å². The average Bonchev–Trinajstić information content (AvgIpc) is 2.97. The Kier molecular flexibility index (Phi) is 3.12. The fourth-order valence-electron chi connectivity index (χ4n) is 2.80. The number of halogens is 1. The lowest BCUT2D eigenvalue weighted by Crippen LogP contribution is -1.91. The van der Waals surface area contributed by atoms with E-state index in [4.69, 9.17) is 0 Å². The molecule has 3 heterocycles. The number of pyridine rings is 2. The zero-order valence-corrected chi connectivity index (χ0v) is 12.4. The number of hydrogen-bond acceptors (Lipinski definition) is 3. The van der Waals surface area contributed by atoms with E-state index >= 15 is 0 Å². The second-order valence-corrected chi connectivity index (χ2v) is 5.34. The van der Waals surface area contributed by atoms with Gasteiger partial charge in [-0.05, 0) is 42.3 Å². The molecule has 0 aliphatic carbocycles. The normalized spacial score (nSPS) is 11.0. The van der Waals surface area contributed by atoms with E-state index in [1.165, 1.54) is 12.1 Å². The van der Waals surface area contributed by atoms with Gasteiger partial charge in [-0.1, -0.05) is 12.1 Å². The Hall–Kier alpha value is -3.08. The van der Waals surface area contributed by atoms with E-state index in [0.29, 0.717) is 5.65 Å². The molecule has 4 aromatic rings. The van der Waals surface area contributed by atoms with Crippen molar-refractivity contribution in [2.45, 2.75) is 6.92 Å². The van der Waals surface area contributed by atoms with E-state index in [1.807, 2.05) is 19.1 Å². The smallest absolute Gasteiger partial charge is 0.181 e. The van der Waals surface area contributed by atoms with Gasteiger partial charge in [0.15, 0.2) is 5.65 Å². The quantitative estimate of drug-likeness (QED) is 0.605. The highest BCUT2D eigenvalue weighted by Gasteiger charge is 2.16. The third-order valence-electron chi connectivity index (χ3n) is 3.89. The first kappa shape index (κ1) is 13.6. The molecule has 4 rings (SSSR count). The fourth-order valence-corrected chi connectivity index (χ4v) is 2.80. The van der Waals surface area contributed by atoms with E-state index in [1.54, 1.807) is 30.7 Å². The van der Waals surface area contributed by atoms with Gasteiger partial charge in [-0.25, -0.2) is 9.37 Å². The summed E-state index contributed by atoms with van der Waals surface area (Å²) in [6, 6.07) is 10.4. The number of benzene rings is 1. The van der Waals surface area contributed by atoms with Crippen LogP contribution >= 0.6 is 0 Å². The maximum absolute atomic E-state index is 13.3. The van der Waals surface area contributed by atoms with Crippen LogP contribution in [0.25, 0.3) is 33.3 Å². The highest BCUT2D eigenvalue weighted by molar-refractivity contribution is 6.02. The van der Waals surface area contributed by atoms with Gasteiger partial charge in [-0.2, -0.15) is 5.10 Å². The molecule has 1 aromatic carbocycles. The second-order valence-electron chi connectivity index (χ2n) is 5.34. The molecule has 4 nitrogen and oxygen atoms in total. The van der Waals surface area contributed by atoms with Gasteiger partial charge < -0.3 is 0 Å². The van der Waals surface area contributed by atoms with Gasteiger partial charge in [-0.3, -0.25) is 10.1 Å². The van der Waals surface area contributed by atoms with Crippen molar-refractivity contribution in [2.75, 3.05) is 0 Å². The number of H-pyrrole nitrogens is 1. The van der Waals surface area contributed by atoms with Crippen molar-refractivity contribution in [2.24, 2.45) is 0 Å². The van der Waals surface area contributed by atoms with Crippen LogP contribution in [0, 0.1) is 12.7 Å². The maximum atomic E-state index is 13.3. The summed E-state index contributed by atoms with van der Waals surface area (Å²) >= 11 is 0. The Bertz CT molecular complexity index is 975. The fraction of sp³-hybridized carbons (Fsp3) is 0.0556. The first-order chi connectivity index (χ1) is 11.2. The summed E-state index contributed by atoms with van der Waals surface area (Å²) < 4.78 is 13.3. The molecule has 0 aliphatic rings. The largest absolute Gasteiger partial charge is 0.280 e. The van der Waals surface area contributed by atoms with Crippen LogP contribution in [0.2, 0.25) is 0 Å². The Labute approximate surface area is 132 Å². The molecule has 0 saturated carbocycles. The second kappa shape index (κ2) is 5.28. The molecule has 23 heavy (non-hydrogen) atoms. The van der Waals surface area contributed by atoms with Gasteiger partial charge >= 0.3 is 0 Å². The van der Waals surface area contributed by atoms with E-state index in [9.17, 15) is 4.39 Å². The van der Waals surface area contributed by atoms with Crippen molar-refractivity contribution < 1.29 is 4.39 Å². The van der Waals surface area contributed by atoms with E-state index < -0.39 is 0 Å². The van der Waals surface area contributed by atoms with Crippen LogP contribution in [-0.4, -0.2) is 20.2 Å². The van der Waals surface area contributed by atoms with Crippen molar-refractivity contribution in [1.82, 2.24) is 20.2 Å². The molecule has 0 saturated heterocycles. The molecule has 3 aromatic heterocycles. The predicted molar refractivity (Wildman–Crippen MR) is 87.3 cm³/mol. The van der Waals surface area contributed by atoms with Crippen LogP contribution in [0.5, 0.6) is 0 Å². The van der Waals surface area contributed by atoms with Crippen molar-refractivity contribution >= 4 is 11.0 Å². The molecule has 0 radical (unpaired) electrons. The summed E-state index contributed by atoms with van der Waals surface area (Å²) in [4.78, 5) is 8.51. The topological polar surface area (TPSA) is 54.5 Å². The first-order valence-corrected chi connectivity index (χ1v) is 7.24. The third kappa shape index (κ3) is 2.26. The number of aryl methyl sites for hydroxylation is 1. The van der Waals surface area contributed by atoms with Gasteiger partial charge in [-0.15, -0.1) is 0 Å². The third-order valence-corrected chi connectivity index (χ3v) is 3.89. The lowest BCUT2D eigenvalue weighted by atomic mass is 9.93. The molecule has 0 spiro atoms. The number of fused-ring (bicyclic) bond motifs is 1. The molecule has 5 heteroatoms. The lowest BCUT2D eigenvalue weighted by molar-refractivity contribution is 0.628. The number of hydrogen-bond donors (Lipinski definition) is 1. The Morgan fingerprint density at radius 1 is 0.957 bits per heavy atom. The van der Waals surface area contributed by atoms with Crippen molar-refractivity contribution in [1.29, 1.82) is 0 Å². The predicted octanol–water partition coefficient (Wildman–Crippen LogP) is 4.13. The maximum Gasteiger partial charge on any atom is 0.181 e. The molecule has 0 atom stereocenters. The molecule has 0 bridgehead atoms. The van der Waals surface area contributed by atoms with Gasteiger partial charge in [0.05, 0.1) is 5.39 Å². The van der Waals surface area contributed by atoms with E-state index in [2.05, 4.69) is 20.2 Å². The van der Waals surface area contributed by atoms with Gasteiger partial charge in [0.2, 0.25) is 0 Å². The number of rotatable bonds is 2. The van der Waals surface area contributed by atoms with Crippen LogP contribution in [0.15, 0.2) is 55.0 Å². The zero-order valence-electron chi connectivity index (χ0n) is 12.4. The summed E-state index contributed by atoms with van der Waals surface area (Å²) in [5.74, 6) is -0.256. The molecule has 0 amide bonds. The van der Waals surface area contributed by atoms with E-state index in [-0.39, 0.29) is 5.82 Å². The molecular formula is C18H13FN4. The Morgan fingerprint density at radius 3 is 2.43 bits per heavy atom. The van der Waals surface area contributed by atoms with Crippen LogP contribution in [0.3, 0.4) is 0 Å². The van der Waals surface area contributed by atoms with Crippen LogP contribution in [0.1, 0.15) is 5.69 Å². The van der Waals surface area contributed by atoms with Crippen LogP contribution in [0.4, 0.5) is 4.39 Å². The lowest BCUT2D eigenvalue weighted by Gasteiger charge is -2.11. The van der Waals surface area contributed by atoms with Crippen molar-refractivity contribution in [3.8, 4) is 22.3 Å². The molecule has 0 fully saturated rings. The highest BCUT2D eigenvalue weighted by Crippen LogP contribution is 2.37. The minimum atomic E-state index is -0.256. The summed E-state index contributed by atoms with van der Waals surface area (Å²) in [5, 5.41) is 8.16. The Balaban J connectivity index is 2.09. The molecular weight excluding hydrogens is 291 g/mol.